The number of aromatic hydroxyl groups is 1. The molecule has 0 atom stereocenters. The van der Waals surface area contributed by atoms with Gasteiger partial charge < -0.3 is 9.84 Å². The first-order valence-electron chi connectivity index (χ1n) is 3.67. The Morgan fingerprint density at radius 3 is 3.08 bits per heavy atom. The van der Waals surface area contributed by atoms with Gasteiger partial charge in [-0.2, -0.15) is 0 Å². The molecule has 1 N–H and O–H groups in total. The Morgan fingerprint density at radius 2 is 2.46 bits per heavy atom. The van der Waals surface area contributed by atoms with Crippen LogP contribution in [0.2, 0.25) is 5.02 Å². The van der Waals surface area contributed by atoms with E-state index < -0.39 is 5.97 Å². The average Bonchev–Trinajstić information content (AvgIpc) is 2.10. The van der Waals surface area contributed by atoms with Crippen molar-refractivity contribution in [3.8, 4) is 5.75 Å². The minimum atomic E-state index is -0.678. The molecule has 0 saturated heterocycles. The standard InChI is InChI=1S/C8H8ClNO3/c1-2-13-8(12)6-7(11)5(9)3-4-10-6/h3-4,11H,2H2,1H3. The minimum Gasteiger partial charge on any atom is -0.504 e. The summed E-state index contributed by atoms with van der Waals surface area (Å²) in [4.78, 5) is 14.8. The molecule has 70 valence electrons. The van der Waals surface area contributed by atoms with E-state index in [1.165, 1.54) is 12.3 Å². The molecule has 0 aliphatic carbocycles. The van der Waals surface area contributed by atoms with Crippen LogP contribution < -0.4 is 0 Å². The van der Waals surface area contributed by atoms with Crippen LogP contribution in [0.25, 0.3) is 0 Å². The number of halogens is 1. The van der Waals surface area contributed by atoms with Gasteiger partial charge in [0.2, 0.25) is 0 Å². The molecule has 4 nitrogen and oxygen atoms in total. The Kier molecular flexibility index (Phi) is 3.08. The van der Waals surface area contributed by atoms with Crippen molar-refractivity contribution < 1.29 is 14.6 Å². The molecule has 0 aliphatic rings. The summed E-state index contributed by atoms with van der Waals surface area (Å²) in [5.41, 5.74) is -0.158. The van der Waals surface area contributed by atoms with Gasteiger partial charge in [-0.15, -0.1) is 0 Å². The molecule has 13 heavy (non-hydrogen) atoms. The highest BCUT2D eigenvalue weighted by Crippen LogP contribution is 2.25. The van der Waals surface area contributed by atoms with Crippen molar-refractivity contribution in [1.29, 1.82) is 0 Å². The smallest absolute Gasteiger partial charge is 0.360 e. The number of pyridine rings is 1. The highest BCUT2D eigenvalue weighted by molar-refractivity contribution is 6.32. The summed E-state index contributed by atoms with van der Waals surface area (Å²) in [5.74, 6) is -1.02. The van der Waals surface area contributed by atoms with Crippen molar-refractivity contribution in [2.24, 2.45) is 0 Å². The molecule has 1 heterocycles. The van der Waals surface area contributed by atoms with E-state index in [2.05, 4.69) is 9.72 Å². The van der Waals surface area contributed by atoms with Crippen molar-refractivity contribution >= 4 is 17.6 Å². The fourth-order valence-electron chi connectivity index (χ4n) is 0.779. The van der Waals surface area contributed by atoms with Crippen molar-refractivity contribution in [3.63, 3.8) is 0 Å². The molecule has 0 unspecified atom stereocenters. The summed E-state index contributed by atoms with van der Waals surface area (Å²) in [6.45, 7) is 1.89. The van der Waals surface area contributed by atoms with Crippen LogP contribution in [0.3, 0.4) is 0 Å². The Labute approximate surface area is 80.1 Å². The third-order valence-corrected chi connectivity index (χ3v) is 1.65. The first-order chi connectivity index (χ1) is 6.16. The van der Waals surface area contributed by atoms with E-state index in [1.807, 2.05) is 0 Å². The Balaban J connectivity index is 3.01. The normalized spacial score (nSPS) is 9.69. The van der Waals surface area contributed by atoms with Crippen LogP contribution in [-0.2, 0) is 4.74 Å². The lowest BCUT2D eigenvalue weighted by Gasteiger charge is -2.03. The first kappa shape index (κ1) is 9.80. The van der Waals surface area contributed by atoms with Crippen LogP contribution in [-0.4, -0.2) is 22.7 Å². The van der Waals surface area contributed by atoms with E-state index in [9.17, 15) is 9.90 Å². The van der Waals surface area contributed by atoms with E-state index >= 15 is 0 Å². The zero-order valence-corrected chi connectivity index (χ0v) is 7.71. The molecule has 0 aromatic carbocycles. The summed E-state index contributed by atoms with van der Waals surface area (Å²) in [5, 5.41) is 9.38. The lowest BCUT2D eigenvalue weighted by atomic mass is 10.3. The maximum absolute atomic E-state index is 11.1. The van der Waals surface area contributed by atoms with Crippen molar-refractivity contribution in [3.05, 3.63) is 23.0 Å². The molecule has 1 aromatic rings. The number of aromatic nitrogens is 1. The predicted molar refractivity (Wildman–Crippen MR) is 46.9 cm³/mol. The number of carbonyl (C=O) groups is 1. The molecule has 0 fully saturated rings. The average molecular weight is 202 g/mol. The summed E-state index contributed by atoms with van der Waals surface area (Å²) in [6.07, 6.45) is 1.33. The highest BCUT2D eigenvalue weighted by atomic mass is 35.5. The molecule has 1 rings (SSSR count). The van der Waals surface area contributed by atoms with E-state index in [0.717, 1.165) is 0 Å². The van der Waals surface area contributed by atoms with E-state index in [1.54, 1.807) is 6.92 Å². The van der Waals surface area contributed by atoms with E-state index in [-0.39, 0.29) is 23.1 Å². The maximum Gasteiger partial charge on any atom is 0.360 e. The second-order valence-corrected chi connectivity index (χ2v) is 2.62. The molecule has 5 heteroatoms. The molecule has 0 spiro atoms. The maximum atomic E-state index is 11.1. The molecule has 1 aromatic heterocycles. The Bertz CT molecular complexity index is 327. The van der Waals surface area contributed by atoms with Gasteiger partial charge in [0.05, 0.1) is 11.6 Å². The number of rotatable bonds is 2. The second kappa shape index (κ2) is 4.09. The van der Waals surface area contributed by atoms with Crippen LogP contribution in [0, 0.1) is 0 Å². The monoisotopic (exact) mass is 201 g/mol. The highest BCUT2D eigenvalue weighted by Gasteiger charge is 2.15. The van der Waals surface area contributed by atoms with Gasteiger partial charge in [-0.25, -0.2) is 9.78 Å². The van der Waals surface area contributed by atoms with Crippen LogP contribution in [0.5, 0.6) is 5.75 Å². The number of carbonyl (C=O) groups excluding carboxylic acids is 1. The molecule has 0 amide bonds. The first-order valence-corrected chi connectivity index (χ1v) is 4.05. The zero-order valence-electron chi connectivity index (χ0n) is 6.95. The number of hydrogen-bond acceptors (Lipinski definition) is 4. The molecule has 0 radical (unpaired) electrons. The van der Waals surface area contributed by atoms with Gasteiger partial charge in [0.1, 0.15) is 0 Å². The quantitative estimate of drug-likeness (QED) is 0.739. The lowest BCUT2D eigenvalue weighted by molar-refractivity contribution is 0.0516. The number of ether oxygens (including phenoxy) is 1. The summed E-state index contributed by atoms with van der Waals surface area (Å²) in [6, 6.07) is 1.39. The zero-order chi connectivity index (χ0) is 9.84. The van der Waals surface area contributed by atoms with E-state index in [4.69, 9.17) is 11.6 Å². The van der Waals surface area contributed by atoms with Crippen LogP contribution in [0.15, 0.2) is 12.3 Å². The minimum absolute atomic E-state index is 0.0815. The SMILES string of the molecule is CCOC(=O)c1nccc(Cl)c1O. The molecule has 0 saturated carbocycles. The Hall–Kier alpha value is -1.29. The molecular formula is C8H8ClNO3. The van der Waals surface area contributed by atoms with Crippen molar-refractivity contribution in [2.75, 3.05) is 6.61 Å². The van der Waals surface area contributed by atoms with Gasteiger partial charge in [-0.05, 0) is 13.0 Å². The predicted octanol–water partition coefficient (Wildman–Crippen LogP) is 1.62. The van der Waals surface area contributed by atoms with Gasteiger partial charge in [-0.1, -0.05) is 11.6 Å². The molecular weight excluding hydrogens is 194 g/mol. The topological polar surface area (TPSA) is 59.4 Å². The van der Waals surface area contributed by atoms with Gasteiger partial charge in [0.25, 0.3) is 0 Å². The van der Waals surface area contributed by atoms with Crippen molar-refractivity contribution in [2.45, 2.75) is 6.92 Å². The summed E-state index contributed by atoms with van der Waals surface area (Å²) < 4.78 is 4.64. The van der Waals surface area contributed by atoms with Crippen molar-refractivity contribution in [1.82, 2.24) is 4.98 Å². The fourth-order valence-corrected chi connectivity index (χ4v) is 0.925. The fraction of sp³-hybridized carbons (Fsp3) is 0.250. The van der Waals surface area contributed by atoms with Crippen LogP contribution in [0.1, 0.15) is 17.4 Å². The Morgan fingerprint density at radius 1 is 1.77 bits per heavy atom. The summed E-state index contributed by atoms with van der Waals surface area (Å²) in [7, 11) is 0. The van der Waals surface area contributed by atoms with Gasteiger partial charge in [-0.3, -0.25) is 0 Å². The van der Waals surface area contributed by atoms with Gasteiger partial charge in [0, 0.05) is 6.20 Å². The van der Waals surface area contributed by atoms with Crippen LogP contribution in [0.4, 0.5) is 0 Å². The molecule has 0 bridgehead atoms. The second-order valence-electron chi connectivity index (χ2n) is 2.21. The number of hydrogen-bond donors (Lipinski definition) is 1. The number of esters is 1. The molecule has 0 aliphatic heterocycles. The lowest BCUT2D eigenvalue weighted by Crippen LogP contribution is -2.07. The third kappa shape index (κ3) is 2.09. The number of nitrogens with zero attached hydrogens (tertiary/aromatic N) is 1. The van der Waals surface area contributed by atoms with Gasteiger partial charge >= 0.3 is 5.97 Å². The van der Waals surface area contributed by atoms with Crippen LogP contribution >= 0.6 is 11.6 Å². The summed E-state index contributed by atoms with van der Waals surface area (Å²) >= 11 is 5.56. The van der Waals surface area contributed by atoms with E-state index in [0.29, 0.717) is 0 Å². The largest absolute Gasteiger partial charge is 0.504 e. The van der Waals surface area contributed by atoms with Gasteiger partial charge in [0.15, 0.2) is 11.4 Å². The third-order valence-electron chi connectivity index (χ3n) is 1.34.